The van der Waals surface area contributed by atoms with E-state index in [-0.39, 0.29) is 46.3 Å². The molecule has 0 aromatic heterocycles. The van der Waals surface area contributed by atoms with Crippen LogP contribution in [0.2, 0.25) is 0 Å². The predicted octanol–water partition coefficient (Wildman–Crippen LogP) is 6.62. The number of ether oxygens (including phenoxy) is 2. The van der Waals surface area contributed by atoms with E-state index >= 15 is 0 Å². The molecule has 0 amide bonds. The Labute approximate surface area is 224 Å². The van der Waals surface area contributed by atoms with E-state index in [9.17, 15) is 14.7 Å². The number of allylic oxidation sites excluding steroid dienone is 2. The second-order valence-electron chi connectivity index (χ2n) is 15.0. The van der Waals surface area contributed by atoms with Gasteiger partial charge in [0.05, 0.1) is 17.4 Å². The van der Waals surface area contributed by atoms with E-state index in [1.807, 2.05) is 0 Å². The van der Waals surface area contributed by atoms with Crippen LogP contribution in [0, 0.1) is 45.3 Å². The monoisotopic (exact) mass is 514 g/mol. The molecular weight excluding hydrogens is 464 g/mol. The lowest BCUT2D eigenvalue weighted by molar-refractivity contribution is -0.179. The summed E-state index contributed by atoms with van der Waals surface area (Å²) in [7, 11) is 0. The molecule has 5 rings (SSSR count). The van der Waals surface area contributed by atoms with Crippen molar-refractivity contribution in [3.63, 3.8) is 0 Å². The van der Waals surface area contributed by atoms with Crippen LogP contribution in [-0.2, 0) is 19.1 Å². The van der Waals surface area contributed by atoms with Gasteiger partial charge in [0.2, 0.25) is 0 Å². The zero-order valence-corrected chi connectivity index (χ0v) is 24.5. The van der Waals surface area contributed by atoms with E-state index < -0.39 is 11.0 Å². The average molecular weight is 515 g/mol. The van der Waals surface area contributed by atoms with E-state index in [1.54, 1.807) is 0 Å². The molecule has 208 valence electrons. The standard InChI is InChI=1S/C32H50O5/c1-19(2)10-9-15-31(8,37-20(3)33)26-23-18-30(7)22-11-12-24-28(4,5)25(34)14-16-29(24,6)21(22)13-17-32(26,30)27(35)36-23/h11,19,21,23-26,34H,9-10,12-18H2,1-8H3. The Hall–Kier alpha value is -1.36. The zero-order chi connectivity index (χ0) is 27.2. The molecule has 9 unspecified atom stereocenters. The minimum Gasteiger partial charge on any atom is -0.461 e. The van der Waals surface area contributed by atoms with Gasteiger partial charge in [0.15, 0.2) is 0 Å². The van der Waals surface area contributed by atoms with Crippen LogP contribution >= 0.6 is 0 Å². The molecule has 5 nitrogen and oxygen atoms in total. The zero-order valence-electron chi connectivity index (χ0n) is 24.5. The predicted molar refractivity (Wildman–Crippen MR) is 143 cm³/mol. The van der Waals surface area contributed by atoms with Gasteiger partial charge < -0.3 is 14.6 Å². The van der Waals surface area contributed by atoms with Gasteiger partial charge in [-0.25, -0.2) is 0 Å². The summed E-state index contributed by atoms with van der Waals surface area (Å²) in [5.74, 6) is 0.974. The first-order chi connectivity index (χ1) is 17.1. The highest BCUT2D eigenvalue weighted by molar-refractivity contribution is 5.84. The van der Waals surface area contributed by atoms with E-state index in [0.29, 0.717) is 17.8 Å². The number of carbonyl (C=O) groups is 2. The molecule has 4 fully saturated rings. The Morgan fingerprint density at radius 2 is 1.92 bits per heavy atom. The Balaban J connectivity index is 1.55. The van der Waals surface area contributed by atoms with Crippen LogP contribution in [0.5, 0.6) is 0 Å². The summed E-state index contributed by atoms with van der Waals surface area (Å²) in [6, 6.07) is 0. The molecule has 0 aromatic rings. The number of esters is 2. The average Bonchev–Trinajstić information content (AvgIpc) is 3.21. The van der Waals surface area contributed by atoms with Crippen molar-refractivity contribution >= 4 is 11.9 Å². The van der Waals surface area contributed by atoms with Crippen molar-refractivity contribution in [3.05, 3.63) is 11.6 Å². The lowest BCUT2D eigenvalue weighted by Gasteiger charge is -2.64. The maximum Gasteiger partial charge on any atom is 0.313 e. The van der Waals surface area contributed by atoms with Crippen LogP contribution in [0.3, 0.4) is 0 Å². The van der Waals surface area contributed by atoms with Crippen molar-refractivity contribution < 1.29 is 24.2 Å². The third-order valence-corrected chi connectivity index (χ3v) is 12.3. The summed E-state index contributed by atoms with van der Waals surface area (Å²) < 4.78 is 12.3. The quantitative estimate of drug-likeness (QED) is 0.319. The lowest BCUT2D eigenvalue weighted by atomic mass is 9.40. The fourth-order valence-electron chi connectivity index (χ4n) is 10.6. The molecule has 3 saturated carbocycles. The van der Waals surface area contributed by atoms with Gasteiger partial charge in [0.25, 0.3) is 0 Å². The van der Waals surface area contributed by atoms with Crippen molar-refractivity contribution in [2.75, 3.05) is 0 Å². The summed E-state index contributed by atoms with van der Waals surface area (Å²) in [5.41, 5.74) is -0.189. The number of carbonyl (C=O) groups excluding carboxylic acids is 2. The van der Waals surface area contributed by atoms with Crippen LogP contribution < -0.4 is 0 Å². The largest absolute Gasteiger partial charge is 0.461 e. The van der Waals surface area contributed by atoms with Gasteiger partial charge in [0, 0.05) is 12.3 Å². The number of rotatable bonds is 6. The molecule has 1 saturated heterocycles. The Bertz CT molecular complexity index is 997. The first-order valence-electron chi connectivity index (χ1n) is 14.9. The molecule has 37 heavy (non-hydrogen) atoms. The van der Waals surface area contributed by atoms with E-state index in [1.165, 1.54) is 12.5 Å². The summed E-state index contributed by atoms with van der Waals surface area (Å²) >= 11 is 0. The topological polar surface area (TPSA) is 72.8 Å². The Morgan fingerprint density at radius 3 is 2.57 bits per heavy atom. The third-order valence-electron chi connectivity index (χ3n) is 12.3. The molecule has 0 radical (unpaired) electrons. The van der Waals surface area contributed by atoms with E-state index in [4.69, 9.17) is 9.47 Å². The first-order valence-corrected chi connectivity index (χ1v) is 14.9. The Morgan fingerprint density at radius 1 is 1.22 bits per heavy atom. The molecule has 0 aromatic carbocycles. The smallest absolute Gasteiger partial charge is 0.313 e. The van der Waals surface area contributed by atoms with Crippen LogP contribution in [-0.4, -0.2) is 34.9 Å². The van der Waals surface area contributed by atoms with E-state index in [2.05, 4.69) is 54.5 Å². The molecule has 9 atom stereocenters. The SMILES string of the molecule is CC(=O)OC(C)(CCCC(C)C)C1C2CC3(C)C4=CCC5C(C)(C)C(O)CCC5(C)C4CCC13C(=O)O2. The fourth-order valence-corrected chi connectivity index (χ4v) is 10.6. The minimum absolute atomic E-state index is 0.0653. The maximum absolute atomic E-state index is 13.9. The van der Waals surface area contributed by atoms with Gasteiger partial charge in [-0.3, -0.25) is 9.59 Å². The van der Waals surface area contributed by atoms with Crippen molar-refractivity contribution in [2.45, 2.75) is 131 Å². The molecule has 1 heterocycles. The van der Waals surface area contributed by atoms with Gasteiger partial charge in [-0.15, -0.1) is 0 Å². The Kier molecular flexibility index (Phi) is 6.30. The fraction of sp³-hybridized carbons (Fsp3) is 0.875. The number of hydrogen-bond acceptors (Lipinski definition) is 5. The highest BCUT2D eigenvalue weighted by atomic mass is 16.6. The summed E-state index contributed by atoms with van der Waals surface area (Å²) in [5, 5.41) is 10.9. The molecule has 1 aliphatic heterocycles. The van der Waals surface area contributed by atoms with Crippen molar-refractivity contribution in [1.82, 2.24) is 0 Å². The lowest BCUT2D eigenvalue weighted by Crippen LogP contribution is -2.61. The van der Waals surface area contributed by atoms with Gasteiger partial charge in [-0.2, -0.15) is 0 Å². The normalized spacial score (nSPS) is 45.3. The highest BCUT2D eigenvalue weighted by Gasteiger charge is 2.79. The van der Waals surface area contributed by atoms with Gasteiger partial charge in [-0.05, 0) is 86.9 Å². The van der Waals surface area contributed by atoms with Crippen molar-refractivity contribution in [1.29, 1.82) is 0 Å². The number of fused-ring (bicyclic) bond motifs is 5. The molecule has 1 spiro atoms. The van der Waals surface area contributed by atoms with Crippen LogP contribution in [0.1, 0.15) is 113 Å². The van der Waals surface area contributed by atoms with Gasteiger partial charge in [0.1, 0.15) is 11.7 Å². The van der Waals surface area contributed by atoms with E-state index in [0.717, 1.165) is 57.8 Å². The van der Waals surface area contributed by atoms with Gasteiger partial charge in [-0.1, -0.05) is 59.6 Å². The third kappa shape index (κ3) is 3.57. The maximum atomic E-state index is 13.9. The summed E-state index contributed by atoms with van der Waals surface area (Å²) in [6.07, 6.45) is 10.2. The molecule has 5 aliphatic rings. The minimum atomic E-state index is -0.721. The van der Waals surface area contributed by atoms with Crippen molar-refractivity contribution in [2.24, 2.45) is 45.3 Å². The highest BCUT2D eigenvalue weighted by Crippen LogP contribution is 2.76. The summed E-state index contributed by atoms with van der Waals surface area (Å²) in [4.78, 5) is 26.3. The second-order valence-corrected chi connectivity index (χ2v) is 15.0. The van der Waals surface area contributed by atoms with Crippen molar-refractivity contribution in [3.8, 4) is 0 Å². The molecule has 5 heteroatoms. The van der Waals surface area contributed by atoms with Crippen LogP contribution in [0.4, 0.5) is 0 Å². The second kappa shape index (κ2) is 8.57. The molecular formula is C32H50O5. The van der Waals surface area contributed by atoms with Crippen LogP contribution in [0.15, 0.2) is 11.6 Å². The molecule has 4 aliphatic carbocycles. The summed E-state index contributed by atoms with van der Waals surface area (Å²) in [6.45, 7) is 17.3. The number of aliphatic hydroxyl groups excluding tert-OH is 1. The van der Waals surface area contributed by atoms with Crippen LogP contribution in [0.25, 0.3) is 0 Å². The molecule has 2 bridgehead atoms. The number of hydrogen-bond donors (Lipinski definition) is 1. The molecule has 1 N–H and O–H groups in total. The number of aliphatic hydroxyl groups is 1. The first kappa shape index (κ1) is 27.2. The van der Waals surface area contributed by atoms with Gasteiger partial charge >= 0.3 is 11.9 Å².